The van der Waals surface area contributed by atoms with Crippen molar-refractivity contribution in [1.29, 1.82) is 0 Å². The third-order valence-corrected chi connectivity index (χ3v) is 5.03. The molecule has 1 aromatic heterocycles. The molecule has 0 fully saturated rings. The zero-order chi connectivity index (χ0) is 20.1. The first-order valence-electron chi connectivity index (χ1n) is 7.79. The minimum atomic E-state index is -0.824. The predicted molar refractivity (Wildman–Crippen MR) is 101 cm³/mol. The number of benzene rings is 1. The monoisotopic (exact) mass is 435 g/mol. The summed E-state index contributed by atoms with van der Waals surface area (Å²) >= 11 is 3.06. The summed E-state index contributed by atoms with van der Waals surface area (Å²) < 4.78 is 7.06. The first-order chi connectivity index (χ1) is 12.5. The molecule has 0 unspecified atom stereocenters. The molecule has 9 nitrogen and oxygen atoms in total. The van der Waals surface area contributed by atoms with E-state index in [0.29, 0.717) is 22.6 Å². The molecule has 0 atom stereocenters. The summed E-state index contributed by atoms with van der Waals surface area (Å²) in [5.41, 5.74) is -0.586. The molecular formula is C17H14BrN3O6. The largest absolute Gasteiger partial charge is 0.483 e. The van der Waals surface area contributed by atoms with Crippen molar-refractivity contribution in [2.24, 2.45) is 0 Å². The first kappa shape index (κ1) is 18.8. The van der Waals surface area contributed by atoms with Gasteiger partial charge in [0.25, 0.3) is 16.9 Å². The fourth-order valence-electron chi connectivity index (χ4n) is 2.86. The second-order valence-corrected chi connectivity index (χ2v) is 7.36. The van der Waals surface area contributed by atoms with Gasteiger partial charge in [0.05, 0.1) is 26.2 Å². The van der Waals surface area contributed by atoms with Gasteiger partial charge in [0, 0.05) is 23.8 Å². The van der Waals surface area contributed by atoms with E-state index < -0.39 is 21.0 Å². The minimum absolute atomic E-state index is 0.00767. The van der Waals surface area contributed by atoms with Crippen molar-refractivity contribution in [3.63, 3.8) is 0 Å². The lowest BCUT2D eigenvalue weighted by Gasteiger charge is -2.35. The van der Waals surface area contributed by atoms with E-state index in [1.54, 1.807) is 20.8 Å². The van der Waals surface area contributed by atoms with Gasteiger partial charge >= 0.3 is 0 Å². The Morgan fingerprint density at radius 2 is 1.74 bits per heavy atom. The molecular weight excluding hydrogens is 422 g/mol. The topological polar surface area (TPSA) is 118 Å². The highest BCUT2D eigenvalue weighted by Crippen LogP contribution is 2.42. The molecule has 0 saturated carbocycles. The number of pyridine rings is 1. The molecule has 0 amide bonds. The predicted octanol–water partition coefficient (Wildman–Crippen LogP) is 3.88. The quantitative estimate of drug-likeness (QED) is 0.533. The lowest BCUT2D eigenvalue weighted by molar-refractivity contribution is -0.385. The van der Waals surface area contributed by atoms with Crippen molar-refractivity contribution < 1.29 is 14.6 Å². The highest BCUT2D eigenvalue weighted by atomic mass is 79.9. The summed E-state index contributed by atoms with van der Waals surface area (Å²) in [7, 11) is 0. The Kier molecular flexibility index (Phi) is 4.38. The van der Waals surface area contributed by atoms with Gasteiger partial charge in [-0.15, -0.1) is 0 Å². The van der Waals surface area contributed by atoms with Gasteiger partial charge in [-0.25, -0.2) is 0 Å². The first-order valence-corrected chi connectivity index (χ1v) is 8.58. The molecule has 0 bridgehead atoms. The molecule has 2 heterocycles. The minimum Gasteiger partial charge on any atom is -0.483 e. The number of fused-ring (bicyclic) bond motifs is 1. The Labute approximate surface area is 161 Å². The number of nitro benzene ring substituents is 1. The van der Waals surface area contributed by atoms with Crippen molar-refractivity contribution in [1.82, 2.24) is 4.57 Å². The summed E-state index contributed by atoms with van der Waals surface area (Å²) in [4.78, 5) is 34.0. The van der Waals surface area contributed by atoms with E-state index in [9.17, 15) is 25.0 Å². The maximum Gasteiger partial charge on any atom is 0.287 e. The van der Waals surface area contributed by atoms with Crippen LogP contribution in [0.4, 0.5) is 11.4 Å². The normalized spacial score (nSPS) is 15.1. The smallest absolute Gasteiger partial charge is 0.287 e. The number of aromatic nitrogens is 1. The molecule has 0 N–H and O–H groups in total. The molecule has 3 rings (SSSR count). The van der Waals surface area contributed by atoms with Crippen LogP contribution in [0.25, 0.3) is 5.70 Å². The number of nitrogens with zero attached hydrogens (tertiary/aromatic N) is 3. The van der Waals surface area contributed by atoms with Gasteiger partial charge in [-0.3, -0.25) is 29.6 Å². The Hall–Kier alpha value is -3.01. The van der Waals surface area contributed by atoms with Crippen LogP contribution in [0, 0.1) is 20.2 Å². The van der Waals surface area contributed by atoms with Crippen molar-refractivity contribution in [2.45, 2.75) is 26.4 Å². The van der Waals surface area contributed by atoms with E-state index in [1.807, 2.05) is 0 Å². The van der Waals surface area contributed by atoms with Crippen LogP contribution in [0.2, 0.25) is 0 Å². The highest BCUT2D eigenvalue weighted by molar-refractivity contribution is 9.10. The lowest BCUT2D eigenvalue weighted by atomic mass is 9.90. The van der Waals surface area contributed by atoms with Crippen LogP contribution in [-0.4, -0.2) is 20.0 Å². The van der Waals surface area contributed by atoms with Crippen LogP contribution in [0.5, 0.6) is 5.75 Å². The van der Waals surface area contributed by atoms with Crippen LogP contribution in [0.1, 0.15) is 26.3 Å². The van der Waals surface area contributed by atoms with Gasteiger partial charge in [-0.2, -0.15) is 0 Å². The number of ether oxygens (including phenoxy) is 1. The number of hydrogen-bond acceptors (Lipinski definition) is 6. The van der Waals surface area contributed by atoms with Crippen molar-refractivity contribution in [3.05, 3.63) is 76.7 Å². The van der Waals surface area contributed by atoms with Crippen LogP contribution in [0.3, 0.4) is 0 Å². The van der Waals surface area contributed by atoms with Crippen LogP contribution < -0.4 is 10.3 Å². The molecule has 1 aliphatic heterocycles. The van der Waals surface area contributed by atoms with Crippen molar-refractivity contribution in [3.8, 4) is 5.75 Å². The molecule has 0 radical (unpaired) electrons. The fraction of sp³-hybridized carbons (Fsp3) is 0.235. The van der Waals surface area contributed by atoms with Gasteiger partial charge < -0.3 is 4.74 Å². The summed E-state index contributed by atoms with van der Waals surface area (Å²) in [6.07, 6.45) is 1.11. The number of halogens is 1. The number of hydrogen-bond donors (Lipinski definition) is 0. The SMILES string of the molecule is CC1=C(n2cc([N+](=O)[O-])cc(Br)c2=O)c2cc([N+](=O)[O-])ccc2OC1(C)C. The molecule has 2 aromatic rings. The molecule has 140 valence electrons. The molecule has 1 aliphatic rings. The standard InChI is InChI=1S/C17H14BrN3O6/c1-9-15(19-8-11(21(25)26)7-13(18)16(19)22)12-6-10(20(23)24)4-5-14(12)27-17(9,2)3/h4-8H,1-3H3. The maximum atomic E-state index is 12.7. The average molecular weight is 436 g/mol. The van der Waals surface area contributed by atoms with E-state index in [1.165, 1.54) is 18.2 Å². The zero-order valence-electron chi connectivity index (χ0n) is 14.6. The van der Waals surface area contributed by atoms with Gasteiger partial charge in [0.15, 0.2) is 0 Å². The van der Waals surface area contributed by atoms with E-state index in [0.717, 1.165) is 16.8 Å². The maximum absolute atomic E-state index is 12.7. The van der Waals surface area contributed by atoms with Crippen LogP contribution in [-0.2, 0) is 0 Å². The van der Waals surface area contributed by atoms with Crippen molar-refractivity contribution in [2.75, 3.05) is 0 Å². The Bertz CT molecular complexity index is 1090. The third-order valence-electron chi connectivity index (χ3n) is 4.46. The van der Waals surface area contributed by atoms with Gasteiger partial charge in [-0.05, 0) is 48.3 Å². The van der Waals surface area contributed by atoms with Gasteiger partial charge in [0.2, 0.25) is 0 Å². The fourth-order valence-corrected chi connectivity index (χ4v) is 3.28. The van der Waals surface area contributed by atoms with Gasteiger partial charge in [-0.1, -0.05) is 0 Å². The van der Waals surface area contributed by atoms with E-state index >= 15 is 0 Å². The van der Waals surface area contributed by atoms with Crippen LogP contribution in [0.15, 0.2) is 45.3 Å². The average Bonchev–Trinajstić information content (AvgIpc) is 2.58. The summed E-state index contributed by atoms with van der Waals surface area (Å²) in [6.45, 7) is 5.28. The molecule has 0 aliphatic carbocycles. The number of non-ortho nitro benzene ring substituents is 1. The Morgan fingerprint density at radius 1 is 1.11 bits per heavy atom. The van der Waals surface area contributed by atoms with Crippen LogP contribution >= 0.6 is 15.9 Å². The third kappa shape index (κ3) is 3.12. The van der Waals surface area contributed by atoms with E-state index in [4.69, 9.17) is 4.74 Å². The van der Waals surface area contributed by atoms with Crippen molar-refractivity contribution >= 4 is 33.0 Å². The summed E-state index contributed by atoms with van der Waals surface area (Å²) in [5, 5.41) is 22.4. The number of rotatable bonds is 3. The number of nitro groups is 2. The summed E-state index contributed by atoms with van der Waals surface area (Å²) in [5.74, 6) is 0.348. The molecule has 1 aromatic carbocycles. The molecule has 0 saturated heterocycles. The highest BCUT2D eigenvalue weighted by Gasteiger charge is 2.35. The second kappa shape index (κ2) is 6.31. The van der Waals surface area contributed by atoms with Gasteiger partial charge in [0.1, 0.15) is 11.4 Å². The Morgan fingerprint density at radius 3 is 2.33 bits per heavy atom. The molecule has 27 heavy (non-hydrogen) atoms. The lowest BCUT2D eigenvalue weighted by Crippen LogP contribution is -2.36. The zero-order valence-corrected chi connectivity index (χ0v) is 16.1. The summed E-state index contributed by atoms with van der Waals surface area (Å²) in [6, 6.07) is 5.18. The molecule has 10 heteroatoms. The molecule has 0 spiro atoms. The Balaban J connectivity index is 2.41. The second-order valence-electron chi connectivity index (χ2n) is 6.50. The van der Waals surface area contributed by atoms with E-state index in [2.05, 4.69) is 15.9 Å². The van der Waals surface area contributed by atoms with E-state index in [-0.39, 0.29) is 15.8 Å².